The third kappa shape index (κ3) is 1.23. The van der Waals surface area contributed by atoms with Gasteiger partial charge in [0, 0.05) is 12.0 Å². The second-order valence-electron chi connectivity index (χ2n) is 5.91. The first-order valence-corrected chi connectivity index (χ1v) is 7.15. The summed E-state index contributed by atoms with van der Waals surface area (Å²) in [5.41, 5.74) is 1.57. The van der Waals surface area contributed by atoms with Crippen LogP contribution in [-0.2, 0) is 4.74 Å². The third-order valence-electron chi connectivity index (χ3n) is 5.20. The zero-order valence-electron chi connectivity index (χ0n) is 10.2. The van der Waals surface area contributed by atoms with Crippen molar-refractivity contribution in [2.75, 3.05) is 6.61 Å². The van der Waals surface area contributed by atoms with Gasteiger partial charge in [-0.1, -0.05) is 11.6 Å². The van der Waals surface area contributed by atoms with Gasteiger partial charge in [-0.25, -0.2) is 15.0 Å². The standard InChI is InChI=1S/C13H13ClN4O/c14-12-10-13(16-4-15-12)18(5-17-10)11-6-1-7-8(11)3-19-9(7)2-6/h4-9,11H,1-3H2/t6-,7-,8-,9-,11-/m1/s1. The maximum absolute atomic E-state index is 6.08. The molecule has 1 aliphatic heterocycles. The Balaban J connectivity index is 1.68. The molecule has 3 fully saturated rings. The topological polar surface area (TPSA) is 52.8 Å². The summed E-state index contributed by atoms with van der Waals surface area (Å²) in [4.78, 5) is 12.8. The van der Waals surface area contributed by atoms with E-state index in [9.17, 15) is 0 Å². The van der Waals surface area contributed by atoms with Crippen molar-refractivity contribution >= 4 is 22.8 Å². The zero-order valence-corrected chi connectivity index (χ0v) is 11.0. The number of nitrogens with zero attached hydrogens (tertiary/aromatic N) is 4. The number of ether oxygens (including phenoxy) is 1. The zero-order chi connectivity index (χ0) is 12.6. The molecule has 3 aliphatic rings. The molecule has 1 saturated heterocycles. The molecule has 5 rings (SSSR count). The van der Waals surface area contributed by atoms with Crippen LogP contribution in [0.1, 0.15) is 18.9 Å². The molecule has 2 aliphatic carbocycles. The molecule has 6 heteroatoms. The highest BCUT2D eigenvalue weighted by molar-refractivity contribution is 6.33. The van der Waals surface area contributed by atoms with Crippen LogP contribution >= 0.6 is 11.6 Å². The van der Waals surface area contributed by atoms with E-state index >= 15 is 0 Å². The Morgan fingerprint density at radius 1 is 1.21 bits per heavy atom. The summed E-state index contributed by atoms with van der Waals surface area (Å²) >= 11 is 6.08. The molecule has 2 saturated carbocycles. The van der Waals surface area contributed by atoms with E-state index in [2.05, 4.69) is 19.5 Å². The highest BCUT2D eigenvalue weighted by Gasteiger charge is 2.57. The van der Waals surface area contributed by atoms with Crippen LogP contribution in [0.25, 0.3) is 11.2 Å². The number of imidazole rings is 1. The average Bonchev–Trinajstić information content (AvgIpc) is 3.09. The van der Waals surface area contributed by atoms with Gasteiger partial charge in [0.1, 0.15) is 11.8 Å². The smallest absolute Gasteiger partial charge is 0.165 e. The van der Waals surface area contributed by atoms with Crippen molar-refractivity contribution < 1.29 is 4.74 Å². The van der Waals surface area contributed by atoms with Gasteiger partial charge in [-0.2, -0.15) is 0 Å². The number of rotatable bonds is 1. The van der Waals surface area contributed by atoms with Crippen molar-refractivity contribution in [2.45, 2.75) is 25.0 Å². The molecule has 0 spiro atoms. The van der Waals surface area contributed by atoms with Crippen molar-refractivity contribution in [1.82, 2.24) is 19.5 Å². The molecule has 2 aromatic heterocycles. The summed E-state index contributed by atoms with van der Waals surface area (Å²) < 4.78 is 8.11. The summed E-state index contributed by atoms with van der Waals surface area (Å²) in [5, 5.41) is 0.437. The lowest BCUT2D eigenvalue weighted by atomic mass is 9.85. The van der Waals surface area contributed by atoms with E-state index in [0.717, 1.165) is 18.2 Å². The Bertz CT molecular complexity index is 670. The van der Waals surface area contributed by atoms with Crippen molar-refractivity contribution in [3.05, 3.63) is 17.8 Å². The van der Waals surface area contributed by atoms with Gasteiger partial charge < -0.3 is 9.30 Å². The fourth-order valence-electron chi connectivity index (χ4n) is 4.53. The Hall–Kier alpha value is -1.20. The molecule has 19 heavy (non-hydrogen) atoms. The van der Waals surface area contributed by atoms with Crippen LogP contribution in [0.5, 0.6) is 0 Å². The van der Waals surface area contributed by atoms with Crippen molar-refractivity contribution in [1.29, 1.82) is 0 Å². The van der Waals surface area contributed by atoms with Crippen molar-refractivity contribution in [2.24, 2.45) is 17.8 Å². The van der Waals surface area contributed by atoms with Crippen LogP contribution in [0.2, 0.25) is 5.15 Å². The minimum atomic E-state index is 0.437. The molecule has 0 aromatic carbocycles. The van der Waals surface area contributed by atoms with E-state index < -0.39 is 0 Å². The molecule has 5 nitrogen and oxygen atoms in total. The lowest BCUT2D eigenvalue weighted by Gasteiger charge is -2.27. The molecule has 2 aromatic rings. The van der Waals surface area contributed by atoms with E-state index in [1.807, 2.05) is 6.33 Å². The maximum atomic E-state index is 6.08. The van der Waals surface area contributed by atoms with Gasteiger partial charge in [-0.15, -0.1) is 0 Å². The van der Waals surface area contributed by atoms with Gasteiger partial charge in [0.05, 0.1) is 19.0 Å². The summed E-state index contributed by atoms with van der Waals surface area (Å²) in [6.07, 6.45) is 6.38. The highest BCUT2D eigenvalue weighted by Crippen LogP contribution is 2.59. The quantitative estimate of drug-likeness (QED) is 0.748. The van der Waals surface area contributed by atoms with Gasteiger partial charge in [-0.3, -0.25) is 0 Å². The monoisotopic (exact) mass is 276 g/mol. The van der Waals surface area contributed by atoms with Gasteiger partial charge in [0.15, 0.2) is 10.8 Å². The normalized spacial score (nSPS) is 39.5. The van der Waals surface area contributed by atoms with Crippen molar-refractivity contribution in [3.8, 4) is 0 Å². The average molecular weight is 277 g/mol. The lowest BCUT2D eigenvalue weighted by molar-refractivity contribution is 0.101. The summed E-state index contributed by atoms with van der Waals surface area (Å²) in [6, 6.07) is 0.472. The van der Waals surface area contributed by atoms with Crippen LogP contribution in [0, 0.1) is 17.8 Å². The van der Waals surface area contributed by atoms with Crippen LogP contribution in [0.4, 0.5) is 0 Å². The van der Waals surface area contributed by atoms with Crippen LogP contribution in [0.15, 0.2) is 12.7 Å². The highest BCUT2D eigenvalue weighted by atomic mass is 35.5. The van der Waals surface area contributed by atoms with E-state index in [-0.39, 0.29) is 0 Å². The van der Waals surface area contributed by atoms with Crippen LogP contribution < -0.4 is 0 Å². The molecule has 2 bridgehead atoms. The number of fused-ring (bicyclic) bond motifs is 2. The second kappa shape index (κ2) is 3.46. The summed E-state index contributed by atoms with van der Waals surface area (Å²) in [7, 11) is 0. The molecule has 0 N–H and O–H groups in total. The predicted octanol–water partition coefficient (Wildman–Crippen LogP) is 2.08. The van der Waals surface area contributed by atoms with Gasteiger partial charge in [-0.05, 0) is 24.7 Å². The van der Waals surface area contributed by atoms with Crippen LogP contribution in [-0.4, -0.2) is 32.2 Å². The number of aromatic nitrogens is 4. The summed E-state index contributed by atoms with van der Waals surface area (Å²) in [6.45, 7) is 0.884. The minimum Gasteiger partial charge on any atom is -0.378 e. The molecular formula is C13H13ClN4O. The Morgan fingerprint density at radius 2 is 2.16 bits per heavy atom. The van der Waals surface area contributed by atoms with E-state index in [0.29, 0.717) is 34.7 Å². The number of hydrogen-bond donors (Lipinski definition) is 0. The van der Waals surface area contributed by atoms with Gasteiger partial charge >= 0.3 is 0 Å². The largest absolute Gasteiger partial charge is 0.378 e. The van der Waals surface area contributed by atoms with Crippen molar-refractivity contribution in [3.63, 3.8) is 0 Å². The Morgan fingerprint density at radius 3 is 3.11 bits per heavy atom. The number of halogens is 1. The molecule has 98 valence electrons. The fraction of sp³-hybridized carbons (Fsp3) is 0.615. The lowest BCUT2D eigenvalue weighted by Crippen LogP contribution is -2.27. The molecule has 3 heterocycles. The van der Waals surface area contributed by atoms with Gasteiger partial charge in [0.2, 0.25) is 0 Å². The Kier molecular flexibility index (Phi) is 1.93. The molecule has 0 radical (unpaired) electrons. The number of hydrogen-bond acceptors (Lipinski definition) is 4. The first kappa shape index (κ1) is 10.6. The van der Waals surface area contributed by atoms with E-state index in [1.165, 1.54) is 19.2 Å². The fourth-order valence-corrected chi connectivity index (χ4v) is 4.70. The molecule has 0 amide bonds. The van der Waals surface area contributed by atoms with E-state index in [4.69, 9.17) is 16.3 Å². The predicted molar refractivity (Wildman–Crippen MR) is 68.8 cm³/mol. The van der Waals surface area contributed by atoms with Gasteiger partial charge in [0.25, 0.3) is 0 Å². The van der Waals surface area contributed by atoms with Crippen LogP contribution in [0.3, 0.4) is 0 Å². The first-order chi connectivity index (χ1) is 9.33. The maximum Gasteiger partial charge on any atom is 0.165 e. The molecule has 0 unspecified atom stereocenters. The summed E-state index contributed by atoms with van der Waals surface area (Å²) in [5.74, 6) is 2.06. The minimum absolute atomic E-state index is 0.437. The molecular weight excluding hydrogens is 264 g/mol. The Labute approximate surface area is 115 Å². The molecule has 5 atom stereocenters. The SMILES string of the molecule is Clc1ncnc2c1ncn2[C@@H]1[C@@H]2C[C@@H]3[C@H]1CO[C@@H]3C2. The van der Waals surface area contributed by atoms with E-state index in [1.54, 1.807) is 0 Å². The first-order valence-electron chi connectivity index (χ1n) is 6.77. The third-order valence-corrected chi connectivity index (χ3v) is 5.47. The second-order valence-corrected chi connectivity index (χ2v) is 6.27.